The van der Waals surface area contributed by atoms with Crippen molar-refractivity contribution in [3.63, 3.8) is 0 Å². The van der Waals surface area contributed by atoms with Crippen LogP contribution in [-0.4, -0.2) is 50.2 Å². The highest BCUT2D eigenvalue weighted by molar-refractivity contribution is 5.82. The number of piperazine rings is 1. The Kier molecular flexibility index (Phi) is 5.79. The van der Waals surface area contributed by atoms with Crippen molar-refractivity contribution < 1.29 is 14.5 Å². The van der Waals surface area contributed by atoms with Crippen LogP contribution in [-0.2, 0) is 11.2 Å². The lowest BCUT2D eigenvalue weighted by Gasteiger charge is -2.49. The average molecular weight is 422 g/mol. The van der Waals surface area contributed by atoms with Crippen molar-refractivity contribution in [1.82, 2.24) is 5.32 Å². The maximum Gasteiger partial charge on any atom is 0.269 e. The summed E-state index contributed by atoms with van der Waals surface area (Å²) >= 11 is 0. The summed E-state index contributed by atoms with van der Waals surface area (Å²) in [4.78, 5) is 28.4. The number of methoxy groups -OCH3 is 1. The molecule has 0 aromatic heterocycles. The first-order valence-electron chi connectivity index (χ1n) is 10.3. The number of carbonyl (C=O) groups is 1. The predicted molar refractivity (Wildman–Crippen MR) is 120 cm³/mol. The Labute approximate surface area is 181 Å². The molecule has 8 heteroatoms. The van der Waals surface area contributed by atoms with Gasteiger partial charge in [-0.25, -0.2) is 0 Å². The molecule has 1 fully saturated rings. The van der Waals surface area contributed by atoms with E-state index in [-0.39, 0.29) is 28.5 Å². The van der Waals surface area contributed by atoms with Crippen LogP contribution < -0.4 is 19.9 Å². The molecule has 4 rings (SSSR count). The minimum atomic E-state index is -0.388. The molecule has 8 nitrogen and oxygen atoms in total. The molecule has 2 aromatic rings. The van der Waals surface area contributed by atoms with Gasteiger partial charge in [-0.1, -0.05) is 6.08 Å². The number of non-ortho nitro benzene ring substituents is 1. The molecule has 1 saturated heterocycles. The number of hydrogen-bond acceptors (Lipinski definition) is 6. The Hall–Kier alpha value is -3.55. The summed E-state index contributed by atoms with van der Waals surface area (Å²) in [7, 11) is 1.64. The summed E-state index contributed by atoms with van der Waals surface area (Å²) in [5.41, 5.74) is 2.97. The van der Waals surface area contributed by atoms with Gasteiger partial charge in [0.15, 0.2) is 0 Å². The SMILES string of the molecule is C=CCNC(=O)C1Cc2cc([N+](=O)[O-])ccc2N2CCN(c3ccc(OC)cc3)CC12. The molecule has 1 amide bonds. The van der Waals surface area contributed by atoms with E-state index in [0.29, 0.717) is 19.5 Å². The molecular formula is C23H26N4O4. The first-order valence-corrected chi connectivity index (χ1v) is 10.3. The van der Waals surface area contributed by atoms with Crippen LogP contribution in [0, 0.1) is 16.0 Å². The molecule has 2 unspecified atom stereocenters. The molecule has 0 spiro atoms. The second-order valence-electron chi connectivity index (χ2n) is 7.82. The van der Waals surface area contributed by atoms with Crippen molar-refractivity contribution >= 4 is 23.0 Å². The van der Waals surface area contributed by atoms with Crippen LogP contribution in [0.5, 0.6) is 5.75 Å². The summed E-state index contributed by atoms with van der Waals surface area (Å²) in [5, 5.41) is 14.2. The van der Waals surface area contributed by atoms with Crippen molar-refractivity contribution in [1.29, 1.82) is 0 Å². The highest BCUT2D eigenvalue weighted by Gasteiger charge is 2.42. The van der Waals surface area contributed by atoms with E-state index in [2.05, 4.69) is 21.7 Å². The Morgan fingerprint density at radius 1 is 1.29 bits per heavy atom. The number of fused-ring (bicyclic) bond motifs is 3. The van der Waals surface area contributed by atoms with E-state index in [4.69, 9.17) is 4.74 Å². The van der Waals surface area contributed by atoms with E-state index >= 15 is 0 Å². The lowest BCUT2D eigenvalue weighted by atomic mass is 9.83. The number of rotatable bonds is 6. The van der Waals surface area contributed by atoms with Crippen molar-refractivity contribution in [2.45, 2.75) is 12.5 Å². The van der Waals surface area contributed by atoms with Gasteiger partial charge in [0.05, 0.1) is 24.0 Å². The fourth-order valence-corrected chi connectivity index (χ4v) is 4.55. The van der Waals surface area contributed by atoms with Crippen molar-refractivity contribution in [3.05, 3.63) is 70.8 Å². The first kappa shape index (κ1) is 20.7. The van der Waals surface area contributed by atoms with E-state index in [9.17, 15) is 14.9 Å². The molecule has 2 heterocycles. The molecule has 2 atom stereocenters. The van der Waals surface area contributed by atoms with Crippen molar-refractivity contribution in [2.24, 2.45) is 5.92 Å². The highest BCUT2D eigenvalue weighted by Crippen LogP contribution is 2.38. The zero-order valence-corrected chi connectivity index (χ0v) is 17.5. The number of nitrogens with zero attached hydrogens (tertiary/aromatic N) is 3. The van der Waals surface area contributed by atoms with Crippen LogP contribution >= 0.6 is 0 Å². The number of carbonyl (C=O) groups excluding carboxylic acids is 1. The Balaban J connectivity index is 1.65. The Bertz CT molecular complexity index is 992. The molecule has 0 radical (unpaired) electrons. The van der Waals surface area contributed by atoms with Crippen LogP contribution in [0.4, 0.5) is 17.1 Å². The summed E-state index contributed by atoms with van der Waals surface area (Å²) in [6.07, 6.45) is 2.12. The maximum atomic E-state index is 13.0. The number of hydrogen-bond donors (Lipinski definition) is 1. The molecule has 0 aliphatic carbocycles. The number of nitro benzene ring substituents is 1. The number of amides is 1. The summed E-state index contributed by atoms with van der Waals surface area (Å²) in [6, 6.07) is 12.9. The van der Waals surface area contributed by atoms with Crippen LogP contribution in [0.25, 0.3) is 0 Å². The zero-order chi connectivity index (χ0) is 22.0. The third-order valence-electron chi connectivity index (χ3n) is 6.10. The van der Waals surface area contributed by atoms with E-state index in [0.717, 1.165) is 35.8 Å². The summed E-state index contributed by atoms with van der Waals surface area (Å²) in [6.45, 7) is 6.28. The summed E-state index contributed by atoms with van der Waals surface area (Å²) in [5.74, 6) is 0.441. The van der Waals surface area contributed by atoms with Crippen molar-refractivity contribution in [2.75, 3.05) is 43.1 Å². The molecule has 2 aliphatic heterocycles. The average Bonchev–Trinajstić information content (AvgIpc) is 2.81. The Morgan fingerprint density at radius 2 is 2.06 bits per heavy atom. The van der Waals surface area contributed by atoms with Crippen LogP contribution in [0.3, 0.4) is 0 Å². The standard InChI is InChI=1S/C23H26N4O4/c1-3-10-24-23(28)20-14-16-13-18(27(29)30)6-9-21(16)26-12-11-25(15-22(20)26)17-4-7-19(31-2)8-5-17/h3-9,13,20,22H,1,10-12,14-15H2,2H3,(H,24,28). The van der Waals surface area contributed by atoms with Gasteiger partial charge in [0.25, 0.3) is 5.69 Å². The zero-order valence-electron chi connectivity index (χ0n) is 17.5. The van der Waals surface area contributed by atoms with E-state index < -0.39 is 0 Å². The largest absolute Gasteiger partial charge is 0.497 e. The number of anilines is 2. The minimum Gasteiger partial charge on any atom is -0.497 e. The summed E-state index contributed by atoms with van der Waals surface area (Å²) < 4.78 is 5.26. The van der Waals surface area contributed by atoms with E-state index in [1.807, 2.05) is 30.3 Å². The monoisotopic (exact) mass is 422 g/mol. The van der Waals surface area contributed by atoms with E-state index in [1.165, 1.54) is 0 Å². The topological polar surface area (TPSA) is 87.9 Å². The molecule has 1 N–H and O–H groups in total. The smallest absolute Gasteiger partial charge is 0.269 e. The fraction of sp³-hybridized carbons (Fsp3) is 0.348. The second kappa shape index (κ2) is 8.67. The van der Waals surface area contributed by atoms with Crippen LogP contribution in [0.15, 0.2) is 55.1 Å². The fourth-order valence-electron chi connectivity index (χ4n) is 4.55. The molecule has 0 saturated carbocycles. The molecular weight excluding hydrogens is 396 g/mol. The molecule has 2 aromatic carbocycles. The molecule has 2 aliphatic rings. The van der Waals surface area contributed by atoms with Crippen molar-refractivity contribution in [3.8, 4) is 5.75 Å². The van der Waals surface area contributed by atoms with Gasteiger partial charge >= 0.3 is 0 Å². The third-order valence-corrected chi connectivity index (χ3v) is 6.10. The molecule has 31 heavy (non-hydrogen) atoms. The van der Waals surface area contributed by atoms with Gasteiger partial charge < -0.3 is 19.9 Å². The number of ether oxygens (including phenoxy) is 1. The number of benzene rings is 2. The van der Waals surface area contributed by atoms with Gasteiger partial charge in [-0.05, 0) is 42.3 Å². The normalized spacial score (nSPS) is 19.8. The maximum absolute atomic E-state index is 13.0. The highest BCUT2D eigenvalue weighted by atomic mass is 16.6. The number of nitro groups is 1. The van der Waals surface area contributed by atoms with Gasteiger partial charge in [-0.15, -0.1) is 6.58 Å². The van der Waals surface area contributed by atoms with Gasteiger partial charge in [0.1, 0.15) is 5.75 Å². The quantitative estimate of drug-likeness (QED) is 0.438. The lowest BCUT2D eigenvalue weighted by molar-refractivity contribution is -0.384. The number of nitrogens with one attached hydrogen (secondary N) is 1. The molecule has 162 valence electrons. The van der Waals surface area contributed by atoms with E-state index in [1.54, 1.807) is 25.3 Å². The predicted octanol–water partition coefficient (Wildman–Crippen LogP) is 2.77. The Morgan fingerprint density at radius 3 is 2.74 bits per heavy atom. The van der Waals surface area contributed by atoms with Gasteiger partial charge in [0.2, 0.25) is 5.91 Å². The van der Waals surface area contributed by atoms with Gasteiger partial charge in [-0.3, -0.25) is 14.9 Å². The van der Waals surface area contributed by atoms with Crippen LogP contribution in [0.2, 0.25) is 0 Å². The van der Waals surface area contributed by atoms with Gasteiger partial charge in [-0.2, -0.15) is 0 Å². The third kappa shape index (κ3) is 4.05. The first-order chi connectivity index (χ1) is 15.0. The minimum absolute atomic E-state index is 0.0328. The molecule has 0 bridgehead atoms. The second-order valence-corrected chi connectivity index (χ2v) is 7.82. The van der Waals surface area contributed by atoms with Crippen LogP contribution in [0.1, 0.15) is 5.56 Å². The van der Waals surface area contributed by atoms with Gasteiger partial charge in [0, 0.05) is 49.7 Å². The lowest BCUT2D eigenvalue weighted by Crippen LogP contribution is -2.61.